The number of nitrogens with zero attached hydrogens (tertiary/aromatic N) is 4. The van der Waals surface area contributed by atoms with Crippen molar-refractivity contribution in [3.8, 4) is 22.8 Å². The van der Waals surface area contributed by atoms with Crippen LogP contribution >= 0.6 is 27.5 Å². The van der Waals surface area contributed by atoms with Gasteiger partial charge in [0, 0.05) is 26.8 Å². The Morgan fingerprint density at radius 3 is 2.52 bits per heavy atom. The second-order valence-electron chi connectivity index (χ2n) is 6.26. The molecule has 7 heteroatoms. The lowest BCUT2D eigenvalue weighted by Gasteiger charge is -2.09. The van der Waals surface area contributed by atoms with Crippen molar-refractivity contribution in [1.29, 1.82) is 0 Å². The lowest BCUT2D eigenvalue weighted by Crippen LogP contribution is -2.10. The highest BCUT2D eigenvalue weighted by Gasteiger charge is 2.17. The minimum absolute atomic E-state index is 0.0783. The quantitative estimate of drug-likeness (QED) is 0.367. The molecule has 2 aromatic carbocycles. The molecule has 0 aliphatic heterocycles. The highest BCUT2D eigenvalue weighted by Crippen LogP contribution is 2.25. The SMILES string of the molecule is O=C(Cc1nc(-c2ccccn2)nnc1-c1cccc(Br)c1)c1ccc(Cl)cc1. The molecule has 0 bridgehead atoms. The number of hydrogen-bond donors (Lipinski definition) is 0. The summed E-state index contributed by atoms with van der Waals surface area (Å²) in [6.07, 6.45) is 1.75. The van der Waals surface area contributed by atoms with Crippen LogP contribution in [0, 0.1) is 0 Å². The molecule has 5 nitrogen and oxygen atoms in total. The Morgan fingerprint density at radius 2 is 1.79 bits per heavy atom. The molecule has 142 valence electrons. The van der Waals surface area contributed by atoms with Crippen LogP contribution in [-0.2, 0) is 6.42 Å². The minimum Gasteiger partial charge on any atom is -0.294 e. The number of benzene rings is 2. The fourth-order valence-electron chi connectivity index (χ4n) is 2.84. The van der Waals surface area contributed by atoms with E-state index in [0.29, 0.717) is 33.5 Å². The Morgan fingerprint density at radius 1 is 0.966 bits per heavy atom. The maximum Gasteiger partial charge on any atom is 0.200 e. The van der Waals surface area contributed by atoms with E-state index in [-0.39, 0.29) is 12.2 Å². The van der Waals surface area contributed by atoms with Crippen molar-refractivity contribution in [3.63, 3.8) is 0 Å². The summed E-state index contributed by atoms with van der Waals surface area (Å²) < 4.78 is 0.903. The Balaban J connectivity index is 1.77. The summed E-state index contributed by atoms with van der Waals surface area (Å²) >= 11 is 9.40. The van der Waals surface area contributed by atoms with Crippen molar-refractivity contribution in [1.82, 2.24) is 20.2 Å². The molecule has 0 atom stereocenters. The molecular formula is C22H14BrClN4O. The summed E-state index contributed by atoms with van der Waals surface area (Å²) in [7, 11) is 0. The number of Topliss-reactive ketones (excluding diaryl/α,β-unsaturated/α-hetero) is 1. The van der Waals surface area contributed by atoms with Gasteiger partial charge in [-0.3, -0.25) is 9.78 Å². The summed E-state index contributed by atoms with van der Waals surface area (Å²) in [4.78, 5) is 21.8. The van der Waals surface area contributed by atoms with Crippen molar-refractivity contribution in [2.75, 3.05) is 0 Å². The van der Waals surface area contributed by atoms with Crippen LogP contribution in [0.5, 0.6) is 0 Å². The molecule has 2 heterocycles. The topological polar surface area (TPSA) is 68.6 Å². The van der Waals surface area contributed by atoms with Crippen LogP contribution < -0.4 is 0 Å². The van der Waals surface area contributed by atoms with E-state index in [2.05, 4.69) is 36.1 Å². The molecule has 0 N–H and O–H groups in total. The van der Waals surface area contributed by atoms with E-state index in [0.717, 1.165) is 10.0 Å². The average molecular weight is 466 g/mol. The van der Waals surface area contributed by atoms with Crippen LogP contribution in [0.25, 0.3) is 22.8 Å². The van der Waals surface area contributed by atoms with Crippen LogP contribution in [0.15, 0.2) is 77.4 Å². The number of halogens is 2. The van der Waals surface area contributed by atoms with Gasteiger partial charge >= 0.3 is 0 Å². The van der Waals surface area contributed by atoms with Gasteiger partial charge in [-0.15, -0.1) is 10.2 Å². The molecule has 2 aromatic heterocycles. The van der Waals surface area contributed by atoms with Crippen LogP contribution in [0.3, 0.4) is 0 Å². The first-order valence-corrected chi connectivity index (χ1v) is 9.97. The Hall–Kier alpha value is -2.96. The van der Waals surface area contributed by atoms with Gasteiger partial charge in [-0.2, -0.15) is 0 Å². The van der Waals surface area contributed by atoms with E-state index in [1.165, 1.54) is 0 Å². The van der Waals surface area contributed by atoms with E-state index in [4.69, 9.17) is 11.6 Å². The average Bonchev–Trinajstić information content (AvgIpc) is 2.75. The van der Waals surface area contributed by atoms with Crippen molar-refractivity contribution >= 4 is 33.3 Å². The number of carbonyl (C=O) groups is 1. The second kappa shape index (κ2) is 8.59. The zero-order valence-corrected chi connectivity index (χ0v) is 17.4. The van der Waals surface area contributed by atoms with Gasteiger partial charge in [0.1, 0.15) is 11.4 Å². The summed E-state index contributed by atoms with van der Waals surface area (Å²) in [5.74, 6) is 0.300. The maximum atomic E-state index is 12.9. The predicted molar refractivity (Wildman–Crippen MR) is 116 cm³/mol. The fourth-order valence-corrected chi connectivity index (χ4v) is 3.36. The smallest absolute Gasteiger partial charge is 0.200 e. The standard InChI is InChI=1S/C22H14BrClN4O/c23-16-5-3-4-15(12-16)21-19(13-20(29)14-7-9-17(24)10-8-14)26-22(28-27-21)18-6-1-2-11-25-18/h1-12H,13H2. The monoisotopic (exact) mass is 464 g/mol. The Bertz CT molecular complexity index is 1170. The molecule has 4 aromatic rings. The largest absolute Gasteiger partial charge is 0.294 e. The van der Waals surface area contributed by atoms with E-state index < -0.39 is 0 Å². The molecule has 0 aliphatic carbocycles. The zero-order chi connectivity index (χ0) is 20.2. The van der Waals surface area contributed by atoms with E-state index in [9.17, 15) is 4.79 Å². The molecule has 4 rings (SSSR count). The number of ketones is 1. The third kappa shape index (κ3) is 4.55. The lowest BCUT2D eigenvalue weighted by molar-refractivity contribution is 0.0992. The number of pyridine rings is 1. The molecule has 0 saturated heterocycles. The normalized spacial score (nSPS) is 10.7. The Kier molecular flexibility index (Phi) is 5.74. The molecule has 0 saturated carbocycles. The third-order valence-corrected chi connectivity index (χ3v) is 4.99. The van der Waals surface area contributed by atoms with Crippen molar-refractivity contribution < 1.29 is 4.79 Å². The lowest BCUT2D eigenvalue weighted by atomic mass is 10.0. The van der Waals surface area contributed by atoms with Crippen LogP contribution in [-0.4, -0.2) is 25.9 Å². The van der Waals surface area contributed by atoms with E-state index >= 15 is 0 Å². The molecule has 0 radical (unpaired) electrons. The van der Waals surface area contributed by atoms with Gasteiger partial charge in [0.25, 0.3) is 0 Å². The summed E-state index contributed by atoms with van der Waals surface area (Å²) in [6, 6.07) is 19.9. The first kappa shape index (κ1) is 19.4. The molecule has 0 spiro atoms. The Labute approximate surface area is 181 Å². The minimum atomic E-state index is -0.0783. The molecule has 29 heavy (non-hydrogen) atoms. The van der Waals surface area contributed by atoms with Gasteiger partial charge in [0.05, 0.1) is 12.1 Å². The summed E-state index contributed by atoms with van der Waals surface area (Å²) in [5, 5.41) is 9.20. The summed E-state index contributed by atoms with van der Waals surface area (Å²) in [5.41, 5.74) is 3.09. The van der Waals surface area contributed by atoms with Crippen molar-refractivity contribution in [3.05, 3.63) is 93.7 Å². The van der Waals surface area contributed by atoms with Crippen molar-refractivity contribution in [2.24, 2.45) is 0 Å². The maximum absolute atomic E-state index is 12.9. The number of aromatic nitrogens is 4. The number of carbonyl (C=O) groups excluding carboxylic acids is 1. The van der Waals surface area contributed by atoms with Crippen LogP contribution in [0.2, 0.25) is 5.02 Å². The highest BCUT2D eigenvalue weighted by molar-refractivity contribution is 9.10. The van der Waals surface area contributed by atoms with Gasteiger partial charge in [0.15, 0.2) is 5.78 Å². The number of rotatable bonds is 5. The molecule has 0 unspecified atom stereocenters. The van der Waals surface area contributed by atoms with Gasteiger partial charge in [-0.05, 0) is 48.5 Å². The molecule has 0 aliphatic rings. The second-order valence-corrected chi connectivity index (χ2v) is 7.61. The molecule has 0 amide bonds. The predicted octanol–water partition coefficient (Wildman–Crippen LogP) is 5.44. The van der Waals surface area contributed by atoms with Crippen LogP contribution in [0.1, 0.15) is 16.1 Å². The van der Waals surface area contributed by atoms with Crippen molar-refractivity contribution in [2.45, 2.75) is 6.42 Å². The first-order valence-electron chi connectivity index (χ1n) is 8.80. The third-order valence-electron chi connectivity index (χ3n) is 4.25. The zero-order valence-electron chi connectivity index (χ0n) is 15.1. The van der Waals surface area contributed by atoms with E-state index in [1.54, 1.807) is 36.5 Å². The fraction of sp³-hybridized carbons (Fsp3) is 0.0455. The summed E-state index contributed by atoms with van der Waals surface area (Å²) in [6.45, 7) is 0. The van der Waals surface area contributed by atoms with Gasteiger partial charge < -0.3 is 0 Å². The first-order chi connectivity index (χ1) is 14.1. The van der Waals surface area contributed by atoms with Gasteiger partial charge in [-0.1, -0.05) is 45.7 Å². The number of hydrogen-bond acceptors (Lipinski definition) is 5. The van der Waals surface area contributed by atoms with Crippen LogP contribution in [0.4, 0.5) is 0 Å². The highest BCUT2D eigenvalue weighted by atomic mass is 79.9. The van der Waals surface area contributed by atoms with Gasteiger partial charge in [-0.25, -0.2) is 4.98 Å². The molecular weight excluding hydrogens is 452 g/mol. The molecule has 0 fully saturated rings. The van der Waals surface area contributed by atoms with E-state index in [1.807, 2.05) is 36.4 Å². The van der Waals surface area contributed by atoms with Gasteiger partial charge in [0.2, 0.25) is 5.82 Å².